The van der Waals surface area contributed by atoms with E-state index in [1.54, 1.807) is 19.2 Å². The summed E-state index contributed by atoms with van der Waals surface area (Å²) in [6.07, 6.45) is 2.24. The molecule has 1 unspecified atom stereocenters. The van der Waals surface area contributed by atoms with Gasteiger partial charge in [-0.15, -0.1) is 0 Å². The highest BCUT2D eigenvalue weighted by Gasteiger charge is 2.04. The van der Waals surface area contributed by atoms with E-state index < -0.39 is 6.17 Å². The summed E-state index contributed by atoms with van der Waals surface area (Å²) in [7, 11) is 0. The molecule has 80 valence electrons. The van der Waals surface area contributed by atoms with Crippen molar-refractivity contribution in [3.05, 3.63) is 24.4 Å². The second-order valence-corrected chi connectivity index (χ2v) is 3.67. The summed E-state index contributed by atoms with van der Waals surface area (Å²) in [6, 6.07) is 0. The topological polar surface area (TPSA) is 35.9 Å². The summed E-state index contributed by atoms with van der Waals surface area (Å²) >= 11 is 0. The van der Waals surface area contributed by atoms with Crippen molar-refractivity contribution >= 4 is 5.71 Å². The summed E-state index contributed by atoms with van der Waals surface area (Å²) in [4.78, 5) is 0. The van der Waals surface area contributed by atoms with Gasteiger partial charge in [0.25, 0.3) is 0 Å². The Bertz CT molecular complexity index is 231. The summed E-state index contributed by atoms with van der Waals surface area (Å²) in [5.74, 6) is 0.204. The molecular weight excluding hydrogens is 179 g/mol. The molecule has 0 saturated heterocycles. The zero-order chi connectivity index (χ0) is 11.1. The molecule has 0 aromatic heterocycles. The van der Waals surface area contributed by atoms with E-state index in [4.69, 9.17) is 5.41 Å². The van der Waals surface area contributed by atoms with E-state index in [1.807, 2.05) is 13.8 Å². The first-order valence-electron chi connectivity index (χ1n) is 4.73. The van der Waals surface area contributed by atoms with Gasteiger partial charge in [0, 0.05) is 12.3 Å². The predicted molar refractivity (Wildman–Crippen MR) is 59.4 cm³/mol. The average molecular weight is 198 g/mol. The Kier molecular flexibility index (Phi) is 5.84. The first-order chi connectivity index (χ1) is 6.45. The van der Waals surface area contributed by atoms with E-state index in [0.29, 0.717) is 11.3 Å². The van der Waals surface area contributed by atoms with Crippen LogP contribution in [-0.2, 0) is 0 Å². The van der Waals surface area contributed by atoms with Crippen molar-refractivity contribution in [1.82, 2.24) is 5.32 Å². The zero-order valence-electron chi connectivity index (χ0n) is 9.10. The van der Waals surface area contributed by atoms with Crippen molar-refractivity contribution in [2.24, 2.45) is 5.92 Å². The van der Waals surface area contributed by atoms with E-state index in [-0.39, 0.29) is 12.5 Å². The van der Waals surface area contributed by atoms with Gasteiger partial charge < -0.3 is 10.7 Å². The van der Waals surface area contributed by atoms with Gasteiger partial charge in [-0.2, -0.15) is 0 Å². The molecule has 0 bridgehead atoms. The number of hydrogen-bond acceptors (Lipinski definition) is 2. The Hall–Kier alpha value is -1.12. The third-order valence-electron chi connectivity index (χ3n) is 1.83. The molecule has 2 N–H and O–H groups in total. The second-order valence-electron chi connectivity index (χ2n) is 3.67. The van der Waals surface area contributed by atoms with Crippen LogP contribution < -0.4 is 5.32 Å². The lowest BCUT2D eigenvalue weighted by Crippen LogP contribution is -2.20. The molecule has 0 aliphatic carbocycles. The van der Waals surface area contributed by atoms with Crippen molar-refractivity contribution < 1.29 is 4.39 Å². The van der Waals surface area contributed by atoms with Crippen LogP contribution in [0.25, 0.3) is 0 Å². The number of alkyl halides is 1. The number of hydrogen-bond donors (Lipinski definition) is 2. The quantitative estimate of drug-likeness (QED) is 0.499. The van der Waals surface area contributed by atoms with E-state index in [1.165, 1.54) is 0 Å². The Morgan fingerprint density at radius 2 is 2.14 bits per heavy atom. The van der Waals surface area contributed by atoms with Crippen LogP contribution in [0.4, 0.5) is 4.39 Å². The van der Waals surface area contributed by atoms with Gasteiger partial charge in [0.1, 0.15) is 6.17 Å². The zero-order valence-corrected chi connectivity index (χ0v) is 9.10. The third-order valence-corrected chi connectivity index (χ3v) is 1.83. The molecule has 0 spiro atoms. The molecule has 0 aromatic rings. The Balaban J connectivity index is 3.74. The minimum atomic E-state index is -1.02. The van der Waals surface area contributed by atoms with Crippen LogP contribution in [0, 0.1) is 11.3 Å². The maximum Gasteiger partial charge on any atom is 0.138 e. The molecule has 0 rings (SSSR count). The molecular formula is C11H19FN2. The van der Waals surface area contributed by atoms with Gasteiger partial charge >= 0.3 is 0 Å². The monoisotopic (exact) mass is 198 g/mol. The van der Waals surface area contributed by atoms with Gasteiger partial charge in [0.05, 0.1) is 0 Å². The molecule has 2 nitrogen and oxygen atoms in total. The fourth-order valence-electron chi connectivity index (χ4n) is 0.687. The lowest BCUT2D eigenvalue weighted by molar-refractivity contribution is 0.376. The van der Waals surface area contributed by atoms with Crippen LogP contribution in [0.15, 0.2) is 24.4 Å². The Morgan fingerprint density at radius 1 is 1.57 bits per heavy atom. The van der Waals surface area contributed by atoms with Gasteiger partial charge in [-0.1, -0.05) is 20.4 Å². The standard InChI is InChI=1S/C11H19FN2/c1-8(2)10(12)7-14-6-5-11(13)9(3)4/h5-6,9-10,13-14H,1,7H2,2-4H3/b6-5-,13-11?. The van der Waals surface area contributed by atoms with Crippen molar-refractivity contribution in [1.29, 1.82) is 5.41 Å². The molecule has 0 amide bonds. The number of rotatable bonds is 6. The smallest absolute Gasteiger partial charge is 0.138 e. The fourth-order valence-corrected chi connectivity index (χ4v) is 0.687. The largest absolute Gasteiger partial charge is 0.388 e. The van der Waals surface area contributed by atoms with Crippen LogP contribution >= 0.6 is 0 Å². The highest BCUT2D eigenvalue weighted by Crippen LogP contribution is 2.01. The Morgan fingerprint density at radius 3 is 2.57 bits per heavy atom. The molecule has 0 aromatic carbocycles. The third kappa shape index (κ3) is 5.51. The minimum absolute atomic E-state index is 0.204. The average Bonchev–Trinajstić information content (AvgIpc) is 2.11. The lowest BCUT2D eigenvalue weighted by Gasteiger charge is -2.07. The molecule has 3 heteroatoms. The summed E-state index contributed by atoms with van der Waals surface area (Å²) in [5, 5.41) is 10.3. The van der Waals surface area contributed by atoms with Gasteiger partial charge in [0.2, 0.25) is 0 Å². The molecule has 0 aliphatic rings. The summed E-state index contributed by atoms with van der Waals surface area (Å²) < 4.78 is 13.0. The van der Waals surface area contributed by atoms with Crippen LogP contribution in [0.3, 0.4) is 0 Å². The second kappa shape index (κ2) is 6.35. The predicted octanol–water partition coefficient (Wildman–Crippen LogP) is 2.68. The summed E-state index contributed by atoms with van der Waals surface area (Å²) in [5.41, 5.74) is 1.05. The van der Waals surface area contributed by atoms with E-state index in [9.17, 15) is 4.39 Å². The molecule has 0 aliphatic heterocycles. The molecule has 0 radical (unpaired) electrons. The molecule has 1 atom stereocenters. The minimum Gasteiger partial charge on any atom is -0.388 e. The van der Waals surface area contributed by atoms with Gasteiger partial charge in [-0.25, -0.2) is 4.39 Å². The molecule has 0 heterocycles. The SMILES string of the molecule is C=C(C)C(F)CN/C=C\C(=N)C(C)C. The van der Waals surface area contributed by atoms with Crippen LogP contribution in [0.5, 0.6) is 0 Å². The molecule has 14 heavy (non-hydrogen) atoms. The van der Waals surface area contributed by atoms with Crippen molar-refractivity contribution in [2.75, 3.05) is 6.54 Å². The highest BCUT2D eigenvalue weighted by atomic mass is 19.1. The first-order valence-corrected chi connectivity index (χ1v) is 4.73. The normalized spacial score (nSPS) is 13.2. The molecule has 0 fully saturated rings. The van der Waals surface area contributed by atoms with Crippen LogP contribution in [0.2, 0.25) is 0 Å². The van der Waals surface area contributed by atoms with Gasteiger partial charge in [-0.3, -0.25) is 0 Å². The maximum atomic E-state index is 13.0. The lowest BCUT2D eigenvalue weighted by atomic mass is 10.1. The number of allylic oxidation sites excluding steroid dienone is 1. The van der Waals surface area contributed by atoms with E-state index in [2.05, 4.69) is 11.9 Å². The Labute approximate surface area is 85.4 Å². The van der Waals surface area contributed by atoms with E-state index in [0.717, 1.165) is 0 Å². The van der Waals surface area contributed by atoms with Crippen molar-refractivity contribution in [3.63, 3.8) is 0 Å². The first kappa shape index (κ1) is 12.9. The van der Waals surface area contributed by atoms with Crippen LogP contribution in [-0.4, -0.2) is 18.4 Å². The van der Waals surface area contributed by atoms with Crippen molar-refractivity contribution in [2.45, 2.75) is 26.9 Å². The number of nitrogens with one attached hydrogen (secondary N) is 2. The van der Waals surface area contributed by atoms with E-state index >= 15 is 0 Å². The van der Waals surface area contributed by atoms with Crippen molar-refractivity contribution in [3.8, 4) is 0 Å². The molecule has 0 saturated carbocycles. The fraction of sp³-hybridized carbons (Fsp3) is 0.545. The number of halogens is 1. The summed E-state index contributed by atoms with van der Waals surface area (Å²) in [6.45, 7) is 9.28. The van der Waals surface area contributed by atoms with Crippen LogP contribution in [0.1, 0.15) is 20.8 Å². The van der Waals surface area contributed by atoms with Gasteiger partial charge in [0.15, 0.2) is 0 Å². The van der Waals surface area contributed by atoms with Gasteiger partial charge in [-0.05, 0) is 30.7 Å². The maximum absolute atomic E-state index is 13.0. The highest BCUT2D eigenvalue weighted by molar-refractivity contribution is 5.93.